The van der Waals surface area contributed by atoms with E-state index in [9.17, 15) is 19.8 Å². The zero-order chi connectivity index (χ0) is 24.0. The van der Waals surface area contributed by atoms with E-state index in [4.69, 9.17) is 9.31 Å². The lowest BCUT2D eigenvalue weighted by atomic mass is 9.78. The topological polar surface area (TPSA) is 132 Å². The van der Waals surface area contributed by atoms with Crippen molar-refractivity contribution in [2.24, 2.45) is 0 Å². The Morgan fingerprint density at radius 1 is 0.727 bits per heavy atom. The first kappa shape index (κ1) is 22.6. The van der Waals surface area contributed by atoms with Crippen LogP contribution in [0.1, 0.15) is 48.7 Å². The molecule has 4 rings (SSSR count). The van der Waals surface area contributed by atoms with Crippen LogP contribution in [0.25, 0.3) is 22.8 Å². The predicted octanol–water partition coefficient (Wildman–Crippen LogP) is 2.90. The van der Waals surface area contributed by atoms with Crippen LogP contribution in [0, 0.1) is 0 Å². The zero-order valence-corrected chi connectivity index (χ0v) is 18.6. The molecule has 168 valence electrons. The minimum atomic E-state index is -1.16. The average Bonchev–Trinajstić information content (AvgIpc) is 3.00. The highest BCUT2D eigenvalue weighted by Gasteiger charge is 2.51. The molecule has 1 aliphatic rings. The van der Waals surface area contributed by atoms with Gasteiger partial charge in [-0.05, 0) is 69.6 Å². The maximum absolute atomic E-state index is 11.4. The molecule has 0 aromatic carbocycles. The van der Waals surface area contributed by atoms with E-state index in [2.05, 4.69) is 15.0 Å². The predicted molar refractivity (Wildman–Crippen MR) is 120 cm³/mol. The summed E-state index contributed by atoms with van der Waals surface area (Å²) < 4.78 is 12.4. The van der Waals surface area contributed by atoms with Gasteiger partial charge >= 0.3 is 19.1 Å². The monoisotopic (exact) mass is 447 g/mol. The molecule has 4 heterocycles. The van der Waals surface area contributed by atoms with Gasteiger partial charge in [0, 0.05) is 0 Å². The number of hydrogen-bond acceptors (Lipinski definition) is 7. The lowest BCUT2D eigenvalue weighted by molar-refractivity contribution is 0.00578. The third-order valence-electron chi connectivity index (χ3n) is 5.83. The summed E-state index contributed by atoms with van der Waals surface area (Å²) in [7, 11) is -0.721. The molecule has 0 amide bonds. The Morgan fingerprint density at radius 3 is 1.55 bits per heavy atom. The number of hydrogen-bond donors (Lipinski definition) is 2. The quantitative estimate of drug-likeness (QED) is 0.567. The van der Waals surface area contributed by atoms with Crippen molar-refractivity contribution >= 4 is 24.5 Å². The van der Waals surface area contributed by atoms with Gasteiger partial charge in [0.25, 0.3) is 0 Å². The zero-order valence-electron chi connectivity index (χ0n) is 18.6. The van der Waals surface area contributed by atoms with Crippen LogP contribution in [0.3, 0.4) is 0 Å². The molecule has 3 aromatic rings. The van der Waals surface area contributed by atoms with Gasteiger partial charge in [0.05, 0.1) is 34.0 Å². The average molecular weight is 447 g/mol. The van der Waals surface area contributed by atoms with Crippen LogP contribution in [-0.4, -0.2) is 55.4 Å². The van der Waals surface area contributed by atoms with Crippen LogP contribution < -0.4 is 5.46 Å². The smallest absolute Gasteiger partial charge is 0.477 e. The van der Waals surface area contributed by atoms with E-state index in [0.29, 0.717) is 28.2 Å². The summed E-state index contributed by atoms with van der Waals surface area (Å²) in [6, 6.07) is 12.7. The minimum absolute atomic E-state index is 0.122. The largest absolute Gasteiger partial charge is 0.494 e. The van der Waals surface area contributed by atoms with E-state index in [1.807, 2.05) is 27.7 Å². The molecule has 0 aliphatic carbocycles. The van der Waals surface area contributed by atoms with E-state index in [1.54, 1.807) is 36.4 Å². The third kappa shape index (κ3) is 4.35. The van der Waals surface area contributed by atoms with Gasteiger partial charge in [-0.15, -0.1) is 0 Å². The maximum atomic E-state index is 11.4. The normalized spacial score (nSPS) is 16.5. The van der Waals surface area contributed by atoms with Gasteiger partial charge in [0.1, 0.15) is 11.4 Å². The fraction of sp³-hybridized carbons (Fsp3) is 0.261. The van der Waals surface area contributed by atoms with Crippen LogP contribution >= 0.6 is 0 Å². The SMILES string of the molecule is CC1(C)OB(c2cc(-c3cccc(C(=O)O)n3)nc(-c3cccc(C(=O)O)n3)c2)OC1(C)C. The summed E-state index contributed by atoms with van der Waals surface area (Å²) in [5.41, 5.74) is 0.650. The number of nitrogens with zero attached hydrogens (tertiary/aromatic N) is 3. The van der Waals surface area contributed by atoms with Crippen molar-refractivity contribution in [1.82, 2.24) is 15.0 Å². The molecule has 0 spiro atoms. The number of aromatic nitrogens is 3. The molecule has 3 aromatic heterocycles. The Bertz CT molecular complexity index is 1170. The van der Waals surface area contributed by atoms with Gasteiger partial charge in [0.15, 0.2) is 0 Å². The molecule has 0 saturated carbocycles. The van der Waals surface area contributed by atoms with Crippen molar-refractivity contribution in [3.63, 3.8) is 0 Å². The second-order valence-corrected chi connectivity index (χ2v) is 8.69. The Morgan fingerprint density at radius 2 is 1.15 bits per heavy atom. The van der Waals surface area contributed by atoms with Gasteiger partial charge in [-0.25, -0.2) is 24.5 Å². The summed E-state index contributed by atoms with van der Waals surface area (Å²) in [5.74, 6) is -2.31. The summed E-state index contributed by atoms with van der Waals surface area (Å²) in [4.78, 5) is 35.8. The van der Waals surface area contributed by atoms with E-state index in [0.717, 1.165) is 0 Å². The molecule has 33 heavy (non-hydrogen) atoms. The molecular weight excluding hydrogens is 425 g/mol. The number of pyridine rings is 3. The van der Waals surface area contributed by atoms with Gasteiger partial charge in [-0.2, -0.15) is 0 Å². The third-order valence-corrected chi connectivity index (χ3v) is 5.83. The Labute approximate surface area is 190 Å². The highest BCUT2D eigenvalue weighted by molar-refractivity contribution is 6.62. The van der Waals surface area contributed by atoms with Crippen molar-refractivity contribution in [1.29, 1.82) is 0 Å². The highest BCUT2D eigenvalue weighted by atomic mass is 16.7. The highest BCUT2D eigenvalue weighted by Crippen LogP contribution is 2.37. The van der Waals surface area contributed by atoms with Crippen LogP contribution in [0.5, 0.6) is 0 Å². The molecule has 0 radical (unpaired) electrons. The molecular formula is C23H22BN3O6. The van der Waals surface area contributed by atoms with Gasteiger partial charge in [-0.3, -0.25) is 0 Å². The van der Waals surface area contributed by atoms with Gasteiger partial charge in [0.2, 0.25) is 0 Å². The molecule has 0 bridgehead atoms. The first-order valence-electron chi connectivity index (χ1n) is 10.3. The van der Waals surface area contributed by atoms with Crippen molar-refractivity contribution in [2.75, 3.05) is 0 Å². The number of carboxylic acids is 2. The standard InChI is InChI=1S/C23H22BN3O6/c1-22(2)23(3,4)33-24(32-22)13-11-18(14-7-5-9-16(25-14)20(28)29)27-19(12-13)15-8-6-10-17(26-15)21(30)31/h5-12H,1-4H3,(H,28,29)(H,30,31). The van der Waals surface area contributed by atoms with Crippen molar-refractivity contribution < 1.29 is 29.1 Å². The molecule has 1 saturated heterocycles. The minimum Gasteiger partial charge on any atom is -0.477 e. The van der Waals surface area contributed by atoms with Gasteiger partial charge < -0.3 is 19.5 Å². The summed E-state index contributed by atoms with van der Waals surface area (Å²) in [6.45, 7) is 7.75. The van der Waals surface area contributed by atoms with Crippen LogP contribution in [-0.2, 0) is 9.31 Å². The van der Waals surface area contributed by atoms with Crippen molar-refractivity contribution in [2.45, 2.75) is 38.9 Å². The lowest BCUT2D eigenvalue weighted by Gasteiger charge is -2.32. The Hall–Kier alpha value is -3.63. The molecule has 1 aliphatic heterocycles. The van der Waals surface area contributed by atoms with Crippen LogP contribution in [0.2, 0.25) is 0 Å². The molecule has 9 nitrogen and oxygen atoms in total. The molecule has 2 N–H and O–H groups in total. The number of aromatic carboxylic acids is 2. The van der Waals surface area contributed by atoms with E-state index < -0.39 is 30.3 Å². The summed E-state index contributed by atoms with van der Waals surface area (Å²) in [5, 5.41) is 18.7. The molecule has 1 fully saturated rings. The van der Waals surface area contributed by atoms with Gasteiger partial charge in [-0.1, -0.05) is 12.1 Å². The first-order valence-corrected chi connectivity index (χ1v) is 10.3. The molecule has 0 unspecified atom stereocenters. The van der Waals surface area contributed by atoms with Crippen molar-refractivity contribution in [3.05, 3.63) is 59.9 Å². The second-order valence-electron chi connectivity index (χ2n) is 8.69. The Balaban J connectivity index is 1.87. The number of carboxylic acid groups (broad SMARTS) is 2. The molecule has 0 atom stereocenters. The Kier molecular flexibility index (Phi) is 5.51. The van der Waals surface area contributed by atoms with E-state index >= 15 is 0 Å². The first-order chi connectivity index (χ1) is 15.5. The van der Waals surface area contributed by atoms with E-state index in [1.165, 1.54) is 12.1 Å². The molecule has 10 heteroatoms. The fourth-order valence-electron chi connectivity index (χ4n) is 3.32. The summed E-state index contributed by atoms with van der Waals surface area (Å²) >= 11 is 0. The number of rotatable bonds is 5. The van der Waals surface area contributed by atoms with Crippen LogP contribution in [0.15, 0.2) is 48.5 Å². The lowest BCUT2D eigenvalue weighted by Crippen LogP contribution is -2.41. The van der Waals surface area contributed by atoms with Crippen molar-refractivity contribution in [3.8, 4) is 22.8 Å². The maximum Gasteiger partial charge on any atom is 0.494 e. The van der Waals surface area contributed by atoms with Crippen LogP contribution in [0.4, 0.5) is 0 Å². The number of carbonyl (C=O) groups is 2. The second kappa shape index (κ2) is 8.06. The summed E-state index contributed by atoms with van der Waals surface area (Å²) in [6.07, 6.45) is 0. The van der Waals surface area contributed by atoms with E-state index in [-0.39, 0.29) is 11.4 Å². The fourth-order valence-corrected chi connectivity index (χ4v) is 3.32.